The average Bonchev–Trinajstić information content (AvgIpc) is 2.12. The quantitative estimate of drug-likeness (QED) is 0.217. The third-order valence-corrected chi connectivity index (χ3v) is 1.76. The van der Waals surface area contributed by atoms with Gasteiger partial charge in [-0.25, -0.2) is 0 Å². The Balaban J connectivity index is 4.35. The van der Waals surface area contributed by atoms with Crippen molar-refractivity contribution in [3.63, 3.8) is 0 Å². The Morgan fingerprint density at radius 2 is 1.93 bits per heavy atom. The monoisotopic (exact) mass is 225 g/mol. The number of nitrogens with zero attached hydrogens (tertiary/aromatic N) is 1. The molecule has 0 aromatic rings. The number of hydrogen-bond acceptors (Lipinski definition) is 7. The summed E-state index contributed by atoms with van der Waals surface area (Å²) in [6, 6.07) is -1.74. The highest BCUT2D eigenvalue weighted by Crippen LogP contribution is 2.09. The second kappa shape index (κ2) is 6.64. The van der Waals surface area contributed by atoms with Gasteiger partial charge in [0.15, 0.2) is 12.4 Å². The highest BCUT2D eigenvalue weighted by molar-refractivity contribution is 4.75. The van der Waals surface area contributed by atoms with Crippen LogP contribution in [0.15, 0.2) is 0 Å². The van der Waals surface area contributed by atoms with Gasteiger partial charge in [0.1, 0.15) is 6.10 Å². The molecular formula is C7H15NO7. The molecule has 0 bridgehead atoms. The zero-order chi connectivity index (χ0) is 12.0. The van der Waals surface area contributed by atoms with Crippen LogP contribution in [0.3, 0.4) is 0 Å². The lowest BCUT2D eigenvalue weighted by Gasteiger charge is -2.22. The van der Waals surface area contributed by atoms with Crippen LogP contribution in [0.25, 0.3) is 0 Å². The predicted molar refractivity (Wildman–Crippen MR) is 47.5 cm³/mol. The number of rotatable bonds is 7. The summed E-state index contributed by atoms with van der Waals surface area (Å²) in [5.41, 5.74) is 0. The topological polar surface area (TPSA) is 133 Å². The van der Waals surface area contributed by atoms with E-state index in [1.165, 1.54) is 0 Å². The van der Waals surface area contributed by atoms with E-state index in [1.54, 1.807) is 0 Å². The van der Waals surface area contributed by atoms with E-state index in [9.17, 15) is 15.2 Å². The van der Waals surface area contributed by atoms with Crippen LogP contribution in [0.1, 0.15) is 6.92 Å². The van der Waals surface area contributed by atoms with Gasteiger partial charge in [-0.2, -0.15) is 0 Å². The predicted octanol–water partition coefficient (Wildman–Crippen LogP) is -2.30. The van der Waals surface area contributed by atoms with E-state index in [4.69, 9.17) is 15.3 Å². The lowest BCUT2D eigenvalue weighted by molar-refractivity contribution is -0.551. The van der Waals surface area contributed by atoms with E-state index in [-0.39, 0.29) is 13.2 Å². The van der Waals surface area contributed by atoms with E-state index in [0.717, 1.165) is 6.92 Å². The summed E-state index contributed by atoms with van der Waals surface area (Å²) in [6.45, 7) is 0.472. The Bertz CT molecular complexity index is 198. The van der Waals surface area contributed by atoms with Gasteiger partial charge in [-0.05, 0) is 6.92 Å². The van der Waals surface area contributed by atoms with E-state index in [2.05, 4.69) is 4.74 Å². The molecule has 0 aliphatic carbocycles. The first kappa shape index (κ1) is 14.2. The largest absolute Gasteiger partial charge is 0.394 e. The molecule has 4 atom stereocenters. The summed E-state index contributed by atoms with van der Waals surface area (Å²) < 4.78 is 4.47. The molecule has 15 heavy (non-hydrogen) atoms. The molecule has 90 valence electrons. The van der Waals surface area contributed by atoms with Crippen molar-refractivity contribution in [3.05, 3.63) is 10.1 Å². The van der Waals surface area contributed by atoms with Crippen molar-refractivity contribution in [1.82, 2.24) is 0 Å². The van der Waals surface area contributed by atoms with Gasteiger partial charge in [0, 0.05) is 4.92 Å². The van der Waals surface area contributed by atoms with Gasteiger partial charge in [0.2, 0.25) is 0 Å². The molecule has 0 spiro atoms. The Kier molecular flexibility index (Phi) is 6.29. The second-order valence-electron chi connectivity index (χ2n) is 2.99. The van der Waals surface area contributed by atoms with Crippen LogP contribution < -0.4 is 0 Å². The Hall–Kier alpha value is -0.800. The van der Waals surface area contributed by atoms with E-state index in [0.29, 0.717) is 0 Å². The minimum absolute atomic E-state index is 0.261. The molecule has 0 saturated carbocycles. The van der Waals surface area contributed by atoms with Gasteiger partial charge >= 0.3 is 0 Å². The zero-order valence-electron chi connectivity index (χ0n) is 8.18. The fraction of sp³-hybridized carbons (Fsp3) is 1.00. The number of hydrogen-bond donors (Lipinski definition) is 4. The van der Waals surface area contributed by atoms with Gasteiger partial charge in [0.05, 0.1) is 13.2 Å². The average molecular weight is 225 g/mol. The van der Waals surface area contributed by atoms with Crippen LogP contribution in [-0.2, 0) is 4.74 Å². The number of aliphatic hydroxyl groups excluding tert-OH is 4. The van der Waals surface area contributed by atoms with Crippen molar-refractivity contribution in [2.45, 2.75) is 31.5 Å². The molecule has 8 nitrogen and oxygen atoms in total. The molecule has 0 rings (SSSR count). The van der Waals surface area contributed by atoms with Crippen LogP contribution in [0.2, 0.25) is 0 Å². The van der Waals surface area contributed by atoms with E-state index < -0.39 is 29.5 Å². The number of aliphatic hydroxyl groups is 4. The highest BCUT2D eigenvalue weighted by Gasteiger charge is 2.39. The molecule has 0 aromatic carbocycles. The lowest BCUT2D eigenvalue weighted by Crippen LogP contribution is -2.49. The van der Waals surface area contributed by atoms with Crippen molar-refractivity contribution >= 4 is 0 Å². The maximum Gasteiger partial charge on any atom is 0.268 e. The Morgan fingerprint density at radius 1 is 1.40 bits per heavy atom. The van der Waals surface area contributed by atoms with Gasteiger partial charge in [-0.3, -0.25) is 10.1 Å². The van der Waals surface area contributed by atoms with Gasteiger partial charge in [0.25, 0.3) is 6.04 Å². The van der Waals surface area contributed by atoms with Gasteiger partial charge in [-0.1, -0.05) is 0 Å². The maximum atomic E-state index is 10.4. The molecular weight excluding hydrogens is 210 g/mol. The first-order chi connectivity index (χ1) is 6.91. The highest BCUT2D eigenvalue weighted by atomic mass is 16.6. The summed E-state index contributed by atoms with van der Waals surface area (Å²) in [5.74, 6) is 0. The molecule has 4 N–H and O–H groups in total. The molecule has 2 unspecified atom stereocenters. The van der Waals surface area contributed by atoms with E-state index in [1.807, 2.05) is 0 Å². The molecule has 0 aliphatic rings. The van der Waals surface area contributed by atoms with Crippen LogP contribution in [0.5, 0.6) is 0 Å². The summed E-state index contributed by atoms with van der Waals surface area (Å²) in [4.78, 5) is 9.53. The summed E-state index contributed by atoms with van der Waals surface area (Å²) in [7, 11) is 0. The molecule has 0 saturated heterocycles. The lowest BCUT2D eigenvalue weighted by atomic mass is 10.1. The second-order valence-corrected chi connectivity index (χ2v) is 2.99. The molecule has 0 radical (unpaired) electrons. The van der Waals surface area contributed by atoms with Crippen molar-refractivity contribution in [3.8, 4) is 0 Å². The molecule has 0 fully saturated rings. The molecule has 0 aromatic heterocycles. The first-order valence-corrected chi connectivity index (χ1v) is 4.32. The normalized spacial score (nSPS) is 19.3. The third kappa shape index (κ3) is 4.49. The van der Waals surface area contributed by atoms with Crippen LogP contribution in [0.4, 0.5) is 0 Å². The first-order valence-electron chi connectivity index (χ1n) is 4.32. The maximum absolute atomic E-state index is 10.4. The summed E-state index contributed by atoms with van der Waals surface area (Å²) in [6.07, 6.45) is -5.10. The summed E-state index contributed by atoms with van der Waals surface area (Å²) in [5, 5.41) is 46.2. The van der Waals surface area contributed by atoms with Crippen LogP contribution in [0, 0.1) is 10.1 Å². The number of nitro groups is 1. The van der Waals surface area contributed by atoms with Crippen LogP contribution >= 0.6 is 0 Å². The Labute approximate surface area is 85.9 Å². The third-order valence-electron chi connectivity index (χ3n) is 1.76. The van der Waals surface area contributed by atoms with Gasteiger partial charge in [-0.15, -0.1) is 0 Å². The molecule has 8 heteroatoms. The fourth-order valence-corrected chi connectivity index (χ4v) is 1.03. The molecule has 0 aliphatic heterocycles. The smallest absolute Gasteiger partial charge is 0.268 e. The Morgan fingerprint density at radius 3 is 2.27 bits per heavy atom. The molecule has 0 heterocycles. The SMILES string of the molecule is C[C@H](O)C(C(O)[C@@H](O)OCCO)[N+](=O)[O-]. The molecule has 0 amide bonds. The number of ether oxygens (including phenoxy) is 1. The van der Waals surface area contributed by atoms with Crippen molar-refractivity contribution in [2.24, 2.45) is 0 Å². The standard InChI is InChI=1S/C7H15NO7/c1-4(10)5(8(13)14)6(11)7(12)15-3-2-9/h4-7,9-12H,2-3H2,1H3/t4-,5?,6?,7-/m0/s1. The minimum atomic E-state index is -1.86. The van der Waals surface area contributed by atoms with Crippen molar-refractivity contribution in [2.75, 3.05) is 13.2 Å². The summed E-state index contributed by atoms with van der Waals surface area (Å²) >= 11 is 0. The minimum Gasteiger partial charge on any atom is -0.394 e. The van der Waals surface area contributed by atoms with Crippen molar-refractivity contribution < 1.29 is 30.1 Å². The zero-order valence-corrected chi connectivity index (χ0v) is 8.18. The van der Waals surface area contributed by atoms with E-state index >= 15 is 0 Å². The van der Waals surface area contributed by atoms with Crippen molar-refractivity contribution in [1.29, 1.82) is 0 Å². The van der Waals surface area contributed by atoms with Gasteiger partial charge < -0.3 is 25.2 Å². The fourth-order valence-electron chi connectivity index (χ4n) is 1.03. The van der Waals surface area contributed by atoms with Crippen LogP contribution in [-0.4, -0.2) is 63.1 Å².